The van der Waals surface area contributed by atoms with Crippen molar-refractivity contribution >= 4 is 16.6 Å². The summed E-state index contributed by atoms with van der Waals surface area (Å²) in [5.41, 5.74) is 4.59. The maximum Gasteiger partial charge on any atom is 0.199 e. The Kier molecular flexibility index (Phi) is 1.67. The van der Waals surface area contributed by atoms with Gasteiger partial charge in [-0.2, -0.15) is 0 Å². The van der Waals surface area contributed by atoms with Crippen molar-refractivity contribution in [2.24, 2.45) is 0 Å². The van der Waals surface area contributed by atoms with E-state index in [1.807, 2.05) is 0 Å². The molecule has 1 aromatic heterocycles. The first-order chi connectivity index (χ1) is 6.54. The van der Waals surface area contributed by atoms with Crippen molar-refractivity contribution in [3.63, 3.8) is 0 Å². The van der Waals surface area contributed by atoms with Gasteiger partial charge in [0.15, 0.2) is 23.3 Å². The number of nitrogens with one attached hydrogen (secondary N) is 1. The lowest BCUT2D eigenvalue weighted by Gasteiger charge is -2.00. The Bertz CT molecular complexity index is 518. The van der Waals surface area contributed by atoms with Gasteiger partial charge >= 0.3 is 0 Å². The second-order valence-corrected chi connectivity index (χ2v) is 2.75. The summed E-state index contributed by atoms with van der Waals surface area (Å²) in [7, 11) is 0. The molecule has 0 saturated heterocycles. The van der Waals surface area contributed by atoms with Crippen molar-refractivity contribution in [3.8, 4) is 0 Å². The molecule has 0 aliphatic carbocycles. The van der Waals surface area contributed by atoms with Crippen LogP contribution in [0.5, 0.6) is 0 Å². The monoisotopic (exact) mass is 204 g/mol. The first-order valence-corrected chi connectivity index (χ1v) is 3.62. The molecule has 0 aliphatic heterocycles. The minimum Gasteiger partial charge on any atom is -0.397 e. The molecule has 2 rings (SSSR count). The zero-order valence-corrected chi connectivity index (χ0v) is 6.67. The maximum atomic E-state index is 13.1. The van der Waals surface area contributed by atoms with Crippen LogP contribution in [0.2, 0.25) is 0 Å². The molecule has 0 amide bonds. The van der Waals surface area contributed by atoms with Crippen molar-refractivity contribution in [1.82, 2.24) is 4.98 Å². The van der Waals surface area contributed by atoms with E-state index in [-0.39, 0.29) is 5.69 Å². The Morgan fingerprint density at radius 3 is 2.14 bits per heavy atom. The van der Waals surface area contributed by atoms with Crippen LogP contribution in [0.25, 0.3) is 10.9 Å². The fraction of sp³-hybridized carbons (Fsp3) is 0. The van der Waals surface area contributed by atoms with Crippen LogP contribution in [-0.2, 0) is 0 Å². The van der Waals surface area contributed by atoms with E-state index in [0.717, 1.165) is 6.20 Å². The highest BCUT2D eigenvalue weighted by Crippen LogP contribution is 2.29. The number of benzene rings is 1. The van der Waals surface area contributed by atoms with Crippen molar-refractivity contribution in [2.75, 3.05) is 5.73 Å². The molecule has 0 unspecified atom stereocenters. The van der Waals surface area contributed by atoms with Crippen LogP contribution in [0, 0.1) is 23.3 Å². The molecular formula is C8H4F4N2. The predicted molar refractivity (Wildman–Crippen MR) is 42.5 cm³/mol. The number of H-pyrrole nitrogens is 1. The van der Waals surface area contributed by atoms with E-state index in [1.54, 1.807) is 0 Å². The highest BCUT2D eigenvalue weighted by atomic mass is 19.2. The summed E-state index contributed by atoms with van der Waals surface area (Å²) in [4.78, 5) is 2.22. The van der Waals surface area contributed by atoms with Crippen LogP contribution in [-0.4, -0.2) is 4.98 Å². The molecule has 0 saturated carbocycles. The molecule has 0 radical (unpaired) electrons. The summed E-state index contributed by atoms with van der Waals surface area (Å²) in [5.74, 6) is -6.67. The highest BCUT2D eigenvalue weighted by molar-refractivity contribution is 5.92. The number of anilines is 1. The van der Waals surface area contributed by atoms with Crippen LogP contribution in [0.4, 0.5) is 23.2 Å². The number of nitrogens with two attached hydrogens (primary N) is 1. The summed E-state index contributed by atoms with van der Waals surface area (Å²) in [6, 6.07) is 0. The third kappa shape index (κ3) is 0.905. The topological polar surface area (TPSA) is 41.8 Å². The molecule has 74 valence electrons. The molecular weight excluding hydrogens is 200 g/mol. The average Bonchev–Trinajstić information content (AvgIpc) is 2.54. The van der Waals surface area contributed by atoms with Gasteiger partial charge in [0.25, 0.3) is 0 Å². The summed E-state index contributed by atoms with van der Waals surface area (Å²) >= 11 is 0. The molecule has 3 N–H and O–H groups in total. The first-order valence-electron chi connectivity index (χ1n) is 3.62. The second-order valence-electron chi connectivity index (χ2n) is 2.75. The van der Waals surface area contributed by atoms with Crippen molar-refractivity contribution in [1.29, 1.82) is 0 Å². The second kappa shape index (κ2) is 2.63. The van der Waals surface area contributed by atoms with Crippen molar-refractivity contribution < 1.29 is 17.6 Å². The number of halogens is 4. The average molecular weight is 204 g/mol. The van der Waals surface area contributed by atoms with Gasteiger partial charge in [-0.05, 0) is 0 Å². The summed E-state index contributed by atoms with van der Waals surface area (Å²) in [6.07, 6.45) is 1.07. The molecule has 1 aromatic carbocycles. The predicted octanol–water partition coefficient (Wildman–Crippen LogP) is 2.31. The Morgan fingerprint density at radius 1 is 0.929 bits per heavy atom. The summed E-state index contributed by atoms with van der Waals surface area (Å²) in [6.45, 7) is 0. The van der Waals surface area contributed by atoms with E-state index >= 15 is 0 Å². The highest BCUT2D eigenvalue weighted by Gasteiger charge is 2.22. The molecule has 0 atom stereocenters. The molecule has 0 bridgehead atoms. The quantitative estimate of drug-likeness (QED) is 0.386. The van der Waals surface area contributed by atoms with E-state index in [9.17, 15) is 17.6 Å². The molecule has 0 fully saturated rings. The molecule has 0 spiro atoms. The number of hydrogen-bond donors (Lipinski definition) is 2. The van der Waals surface area contributed by atoms with Crippen molar-refractivity contribution in [2.45, 2.75) is 0 Å². The van der Waals surface area contributed by atoms with E-state index in [0.29, 0.717) is 0 Å². The Labute approximate surface area is 75.3 Å². The third-order valence-corrected chi connectivity index (χ3v) is 1.93. The summed E-state index contributed by atoms with van der Waals surface area (Å²) < 4.78 is 51.4. The fourth-order valence-electron chi connectivity index (χ4n) is 1.26. The number of aromatic nitrogens is 1. The number of hydrogen-bond acceptors (Lipinski definition) is 1. The number of nitrogen functional groups attached to an aromatic ring is 1. The third-order valence-electron chi connectivity index (χ3n) is 1.93. The number of rotatable bonds is 0. The standard InChI is InChI=1S/C8H4F4N2/c9-4-3-2(13)1-14-8(3)7(12)6(11)5(4)10/h1,14H,13H2. The molecule has 6 heteroatoms. The maximum absolute atomic E-state index is 13.1. The first kappa shape index (κ1) is 8.86. The van der Waals surface area contributed by atoms with Crippen LogP contribution in [0.15, 0.2) is 6.20 Å². The van der Waals surface area contributed by atoms with Crippen LogP contribution in [0.1, 0.15) is 0 Å². The number of fused-ring (bicyclic) bond motifs is 1. The Morgan fingerprint density at radius 2 is 1.50 bits per heavy atom. The molecule has 0 aliphatic rings. The SMILES string of the molecule is Nc1c[nH]c2c(F)c(F)c(F)c(F)c12. The van der Waals surface area contributed by atoms with Gasteiger partial charge in [-0.3, -0.25) is 0 Å². The lowest BCUT2D eigenvalue weighted by molar-refractivity contribution is 0.417. The van der Waals surface area contributed by atoms with Gasteiger partial charge in [-0.15, -0.1) is 0 Å². The zero-order valence-electron chi connectivity index (χ0n) is 6.67. The molecule has 2 aromatic rings. The van der Waals surface area contributed by atoms with Gasteiger partial charge in [0.05, 0.1) is 16.6 Å². The van der Waals surface area contributed by atoms with E-state index in [1.165, 1.54) is 0 Å². The van der Waals surface area contributed by atoms with Gasteiger partial charge in [-0.25, -0.2) is 17.6 Å². The molecule has 14 heavy (non-hydrogen) atoms. The summed E-state index contributed by atoms with van der Waals surface area (Å²) in [5, 5.41) is -0.471. The van der Waals surface area contributed by atoms with Crippen molar-refractivity contribution in [3.05, 3.63) is 29.5 Å². The van der Waals surface area contributed by atoms with Gasteiger partial charge in [-0.1, -0.05) is 0 Å². The van der Waals surface area contributed by atoms with E-state index in [2.05, 4.69) is 4.98 Å². The van der Waals surface area contributed by atoms with Gasteiger partial charge in [0, 0.05) is 6.20 Å². The lowest BCUT2D eigenvalue weighted by atomic mass is 10.2. The molecule has 2 nitrogen and oxygen atoms in total. The minimum atomic E-state index is -1.86. The van der Waals surface area contributed by atoms with Crippen LogP contribution in [0.3, 0.4) is 0 Å². The Hall–Kier alpha value is -1.72. The van der Waals surface area contributed by atoms with E-state index in [4.69, 9.17) is 5.73 Å². The van der Waals surface area contributed by atoms with Crippen LogP contribution < -0.4 is 5.73 Å². The van der Waals surface area contributed by atoms with Gasteiger partial charge in [0.1, 0.15) is 0 Å². The largest absolute Gasteiger partial charge is 0.397 e. The fourth-order valence-corrected chi connectivity index (χ4v) is 1.26. The molecule has 1 heterocycles. The zero-order chi connectivity index (χ0) is 10.5. The van der Waals surface area contributed by atoms with Crippen LogP contribution >= 0.6 is 0 Å². The Balaban J connectivity index is 3.05. The lowest BCUT2D eigenvalue weighted by Crippen LogP contribution is -1.97. The van der Waals surface area contributed by atoms with E-state index < -0.39 is 34.2 Å². The number of aromatic amines is 1. The smallest absolute Gasteiger partial charge is 0.199 e. The minimum absolute atomic E-state index is 0.171. The van der Waals surface area contributed by atoms with Gasteiger partial charge < -0.3 is 10.7 Å². The van der Waals surface area contributed by atoms with Gasteiger partial charge in [0.2, 0.25) is 0 Å². The normalized spacial score (nSPS) is 11.1.